The molecule has 4 aliphatic rings. The number of fused-ring (bicyclic) bond motifs is 2. The quantitative estimate of drug-likeness (QED) is 0.481. The molecule has 0 unspecified atom stereocenters. The van der Waals surface area contributed by atoms with Gasteiger partial charge in [0.25, 0.3) is 0 Å². The highest BCUT2D eigenvalue weighted by Crippen LogP contribution is 2.22. The fraction of sp³-hybridized carbons (Fsp3) is 1.00. The summed E-state index contributed by atoms with van der Waals surface area (Å²) < 4.78 is 0. The first-order valence-corrected chi connectivity index (χ1v) is 8.81. The van der Waals surface area contributed by atoms with E-state index < -0.39 is 0 Å². The van der Waals surface area contributed by atoms with Crippen molar-refractivity contribution in [2.75, 3.05) is 39.3 Å². The first-order chi connectivity index (χ1) is 9.93. The number of hydrogen-bond donors (Lipinski definition) is 4. The minimum absolute atomic E-state index is 0. The first-order valence-electron chi connectivity index (χ1n) is 8.81. The van der Waals surface area contributed by atoms with Gasteiger partial charge in [-0.25, -0.2) is 0 Å². The highest BCUT2D eigenvalue weighted by atomic mass is 35.5. The van der Waals surface area contributed by atoms with E-state index in [2.05, 4.69) is 21.3 Å². The molecule has 4 saturated heterocycles. The van der Waals surface area contributed by atoms with Gasteiger partial charge in [-0.15, -0.1) is 49.6 Å². The zero-order valence-corrected chi connectivity index (χ0v) is 17.7. The fourth-order valence-electron chi connectivity index (χ4n) is 4.30. The standard InChI is InChI=1S/2C8H16N2.4ClH/c2*1-2-7-3-5-9-6-8(7)10-4-1;;;;/h2*7-10H,1-6H2;4*1H/t2*7-,8+;;;;/m10..../s1. The third kappa shape index (κ3) is 8.13. The topological polar surface area (TPSA) is 48.1 Å². The Balaban J connectivity index is 0. The van der Waals surface area contributed by atoms with Crippen LogP contribution >= 0.6 is 49.6 Å². The lowest BCUT2D eigenvalue weighted by atomic mass is 9.86. The van der Waals surface area contributed by atoms with Gasteiger partial charge in [-0.3, -0.25) is 0 Å². The number of hydrogen-bond acceptors (Lipinski definition) is 4. The summed E-state index contributed by atoms with van der Waals surface area (Å²) in [5, 5.41) is 14.0. The van der Waals surface area contributed by atoms with Crippen molar-refractivity contribution in [2.24, 2.45) is 11.8 Å². The van der Waals surface area contributed by atoms with Crippen LogP contribution in [-0.4, -0.2) is 51.4 Å². The molecule has 0 aliphatic carbocycles. The summed E-state index contributed by atoms with van der Waals surface area (Å²) in [6.07, 6.45) is 8.47. The van der Waals surface area contributed by atoms with Gasteiger partial charge in [0.05, 0.1) is 0 Å². The Kier molecular flexibility index (Phi) is 17.1. The van der Waals surface area contributed by atoms with Crippen LogP contribution < -0.4 is 21.3 Å². The summed E-state index contributed by atoms with van der Waals surface area (Å²) in [5.41, 5.74) is 0. The number of halogens is 4. The van der Waals surface area contributed by atoms with Crippen molar-refractivity contribution < 1.29 is 0 Å². The van der Waals surface area contributed by atoms with Gasteiger partial charge >= 0.3 is 0 Å². The number of piperidine rings is 4. The highest BCUT2D eigenvalue weighted by molar-refractivity contribution is 5.86. The largest absolute Gasteiger partial charge is 0.315 e. The van der Waals surface area contributed by atoms with Gasteiger partial charge in [-0.1, -0.05) is 0 Å². The maximum atomic E-state index is 3.56. The molecule has 4 fully saturated rings. The third-order valence-electron chi connectivity index (χ3n) is 5.57. The van der Waals surface area contributed by atoms with Crippen LogP contribution in [0.25, 0.3) is 0 Å². The molecule has 8 heteroatoms. The Morgan fingerprint density at radius 1 is 0.500 bits per heavy atom. The minimum atomic E-state index is 0. The molecule has 4 heterocycles. The van der Waals surface area contributed by atoms with Crippen LogP contribution in [0.2, 0.25) is 0 Å². The molecule has 0 aromatic rings. The first kappa shape index (κ1) is 27.2. The summed E-state index contributed by atoms with van der Waals surface area (Å²) in [6.45, 7) is 7.35. The molecular weight excluding hydrogens is 390 g/mol. The molecule has 24 heavy (non-hydrogen) atoms. The van der Waals surface area contributed by atoms with Crippen LogP contribution in [0.3, 0.4) is 0 Å². The molecule has 4 aliphatic heterocycles. The zero-order valence-electron chi connectivity index (χ0n) is 14.4. The molecule has 0 saturated carbocycles. The van der Waals surface area contributed by atoms with Crippen molar-refractivity contribution in [3.05, 3.63) is 0 Å². The second kappa shape index (κ2) is 15.1. The van der Waals surface area contributed by atoms with E-state index in [4.69, 9.17) is 0 Å². The number of rotatable bonds is 0. The zero-order chi connectivity index (χ0) is 13.6. The van der Waals surface area contributed by atoms with Crippen LogP contribution in [0.15, 0.2) is 0 Å². The predicted molar refractivity (Wildman–Crippen MR) is 113 cm³/mol. The van der Waals surface area contributed by atoms with Crippen LogP contribution in [0.1, 0.15) is 38.5 Å². The van der Waals surface area contributed by atoms with Gasteiger partial charge in [0.2, 0.25) is 0 Å². The predicted octanol–water partition coefficient (Wildman–Crippen LogP) is 2.38. The molecule has 4 nitrogen and oxygen atoms in total. The average molecular weight is 426 g/mol. The normalized spacial score (nSPS) is 34.0. The van der Waals surface area contributed by atoms with Crippen molar-refractivity contribution in [1.82, 2.24) is 21.3 Å². The van der Waals surface area contributed by atoms with E-state index in [0.717, 1.165) is 23.9 Å². The molecule has 0 radical (unpaired) electrons. The van der Waals surface area contributed by atoms with E-state index in [1.165, 1.54) is 77.8 Å². The monoisotopic (exact) mass is 424 g/mol. The van der Waals surface area contributed by atoms with Crippen molar-refractivity contribution in [2.45, 2.75) is 50.6 Å². The molecule has 4 rings (SSSR count). The van der Waals surface area contributed by atoms with E-state index in [1.807, 2.05) is 0 Å². The van der Waals surface area contributed by atoms with Gasteiger partial charge in [0.15, 0.2) is 0 Å². The fourth-order valence-corrected chi connectivity index (χ4v) is 4.30. The summed E-state index contributed by atoms with van der Waals surface area (Å²) in [6, 6.07) is 1.59. The Morgan fingerprint density at radius 2 is 0.917 bits per heavy atom. The molecule has 4 N–H and O–H groups in total. The Hall–Kier alpha value is 1.00. The van der Waals surface area contributed by atoms with E-state index in [9.17, 15) is 0 Å². The minimum Gasteiger partial charge on any atom is -0.315 e. The summed E-state index contributed by atoms with van der Waals surface area (Å²) in [4.78, 5) is 0. The Morgan fingerprint density at radius 3 is 1.29 bits per heavy atom. The van der Waals surface area contributed by atoms with Gasteiger partial charge in [-0.2, -0.15) is 0 Å². The summed E-state index contributed by atoms with van der Waals surface area (Å²) >= 11 is 0. The molecule has 148 valence electrons. The number of nitrogens with one attached hydrogen (secondary N) is 4. The molecule has 0 bridgehead atoms. The maximum absolute atomic E-state index is 3.56. The van der Waals surface area contributed by atoms with E-state index in [1.54, 1.807) is 0 Å². The van der Waals surface area contributed by atoms with Gasteiger partial charge in [0, 0.05) is 25.2 Å². The van der Waals surface area contributed by atoms with Crippen molar-refractivity contribution in [3.63, 3.8) is 0 Å². The van der Waals surface area contributed by atoms with Gasteiger partial charge < -0.3 is 21.3 Å². The molecule has 0 aromatic carbocycles. The van der Waals surface area contributed by atoms with E-state index in [-0.39, 0.29) is 49.6 Å². The molecular formula is C16H36Cl4N4. The smallest absolute Gasteiger partial charge is 0.0221 e. The van der Waals surface area contributed by atoms with Crippen LogP contribution in [0.4, 0.5) is 0 Å². The van der Waals surface area contributed by atoms with Crippen molar-refractivity contribution >= 4 is 49.6 Å². The third-order valence-corrected chi connectivity index (χ3v) is 5.57. The maximum Gasteiger partial charge on any atom is 0.0221 e. The van der Waals surface area contributed by atoms with Gasteiger partial charge in [-0.05, 0) is 76.5 Å². The second-order valence-corrected chi connectivity index (χ2v) is 6.91. The second-order valence-electron chi connectivity index (χ2n) is 6.91. The lowest BCUT2D eigenvalue weighted by Crippen LogP contribution is -2.51. The van der Waals surface area contributed by atoms with Crippen LogP contribution in [0.5, 0.6) is 0 Å². The van der Waals surface area contributed by atoms with Gasteiger partial charge in [0.1, 0.15) is 0 Å². The lowest BCUT2D eigenvalue weighted by Gasteiger charge is -2.36. The van der Waals surface area contributed by atoms with Crippen LogP contribution in [-0.2, 0) is 0 Å². The SMILES string of the molecule is C1CN[C@@H]2CNCC[C@@H]2C1.C1CN[C@H]2CNCC[C@H]2C1.Cl.Cl.Cl.Cl. The lowest BCUT2D eigenvalue weighted by molar-refractivity contribution is 0.225. The average Bonchev–Trinajstić information content (AvgIpc) is 2.56. The summed E-state index contributed by atoms with van der Waals surface area (Å²) in [7, 11) is 0. The molecule has 0 amide bonds. The van der Waals surface area contributed by atoms with E-state index >= 15 is 0 Å². The summed E-state index contributed by atoms with van der Waals surface area (Å²) in [5.74, 6) is 1.96. The van der Waals surface area contributed by atoms with Crippen molar-refractivity contribution in [1.29, 1.82) is 0 Å². The Bertz CT molecular complexity index is 219. The molecule has 4 atom stereocenters. The van der Waals surface area contributed by atoms with E-state index in [0.29, 0.717) is 0 Å². The van der Waals surface area contributed by atoms with Crippen LogP contribution in [0, 0.1) is 11.8 Å². The molecule has 0 aromatic heterocycles. The molecule has 0 spiro atoms. The van der Waals surface area contributed by atoms with Crippen molar-refractivity contribution in [3.8, 4) is 0 Å². The Labute approximate surface area is 172 Å². The highest BCUT2D eigenvalue weighted by Gasteiger charge is 2.27.